The lowest BCUT2D eigenvalue weighted by atomic mass is 10.3. The topological polar surface area (TPSA) is 70.8 Å². The van der Waals surface area contributed by atoms with Gasteiger partial charge >= 0.3 is 0 Å². The molecule has 1 aliphatic rings. The molecular formula is C10H14ClN5. The lowest BCUT2D eigenvalue weighted by Crippen LogP contribution is -2.27. The standard InChI is InChI=1S/C10H13N5.ClH/c11-7-2-4-15(5-7)10-8-1-3-12-9(8)13-6-14-10;/h1,3,6-7H,2,4-5,11H2,(H,12,13,14);1H/t7-;/m1./s1. The fraction of sp³-hybridized carbons (Fsp3) is 0.400. The van der Waals surface area contributed by atoms with E-state index in [2.05, 4.69) is 19.9 Å². The van der Waals surface area contributed by atoms with Crippen molar-refractivity contribution >= 4 is 29.3 Å². The maximum Gasteiger partial charge on any atom is 0.142 e. The van der Waals surface area contributed by atoms with Crippen molar-refractivity contribution in [2.24, 2.45) is 5.73 Å². The molecule has 3 rings (SSSR count). The van der Waals surface area contributed by atoms with Gasteiger partial charge in [-0.25, -0.2) is 9.97 Å². The highest BCUT2D eigenvalue weighted by atomic mass is 35.5. The van der Waals surface area contributed by atoms with Gasteiger partial charge in [0.2, 0.25) is 0 Å². The molecular weight excluding hydrogens is 226 g/mol. The summed E-state index contributed by atoms with van der Waals surface area (Å²) < 4.78 is 0. The molecule has 1 fully saturated rings. The van der Waals surface area contributed by atoms with Gasteiger partial charge in [0.05, 0.1) is 5.39 Å². The molecule has 0 aliphatic carbocycles. The van der Waals surface area contributed by atoms with Crippen molar-refractivity contribution in [2.75, 3.05) is 18.0 Å². The minimum atomic E-state index is 0. The summed E-state index contributed by atoms with van der Waals surface area (Å²) >= 11 is 0. The van der Waals surface area contributed by atoms with Gasteiger partial charge in [-0.2, -0.15) is 0 Å². The Hall–Kier alpha value is -1.33. The van der Waals surface area contributed by atoms with E-state index in [1.165, 1.54) is 0 Å². The summed E-state index contributed by atoms with van der Waals surface area (Å²) in [6, 6.07) is 2.28. The number of hydrogen-bond acceptors (Lipinski definition) is 4. The van der Waals surface area contributed by atoms with E-state index in [0.29, 0.717) is 0 Å². The van der Waals surface area contributed by atoms with E-state index in [0.717, 1.165) is 36.4 Å². The Balaban J connectivity index is 0.000000963. The highest BCUT2D eigenvalue weighted by molar-refractivity contribution is 5.87. The minimum Gasteiger partial charge on any atom is -0.354 e. The monoisotopic (exact) mass is 239 g/mol. The SMILES string of the molecule is Cl.N[C@@H]1CCN(c2ncnc3[nH]ccc23)C1. The molecule has 16 heavy (non-hydrogen) atoms. The number of halogens is 1. The average Bonchev–Trinajstić information content (AvgIpc) is 2.84. The molecule has 1 aliphatic heterocycles. The molecule has 1 saturated heterocycles. The molecule has 86 valence electrons. The summed E-state index contributed by atoms with van der Waals surface area (Å²) in [5.41, 5.74) is 6.78. The summed E-state index contributed by atoms with van der Waals surface area (Å²) in [4.78, 5) is 13.8. The molecule has 0 aromatic carbocycles. The second kappa shape index (κ2) is 4.27. The van der Waals surface area contributed by atoms with E-state index in [4.69, 9.17) is 5.73 Å². The second-order valence-corrected chi connectivity index (χ2v) is 3.93. The molecule has 3 heterocycles. The van der Waals surface area contributed by atoms with Crippen LogP contribution in [0.4, 0.5) is 5.82 Å². The van der Waals surface area contributed by atoms with Crippen LogP contribution in [0.25, 0.3) is 11.0 Å². The predicted octanol–water partition coefficient (Wildman–Crippen LogP) is 0.917. The number of nitrogens with zero attached hydrogens (tertiary/aromatic N) is 3. The van der Waals surface area contributed by atoms with Gasteiger partial charge in [-0.15, -0.1) is 12.4 Å². The number of H-pyrrole nitrogens is 1. The van der Waals surface area contributed by atoms with Gasteiger partial charge in [0.25, 0.3) is 0 Å². The minimum absolute atomic E-state index is 0. The quantitative estimate of drug-likeness (QED) is 0.776. The molecule has 1 atom stereocenters. The van der Waals surface area contributed by atoms with Crippen molar-refractivity contribution in [3.05, 3.63) is 18.6 Å². The van der Waals surface area contributed by atoms with Crippen molar-refractivity contribution in [2.45, 2.75) is 12.5 Å². The molecule has 0 radical (unpaired) electrons. The van der Waals surface area contributed by atoms with Crippen molar-refractivity contribution in [1.29, 1.82) is 0 Å². The lowest BCUT2D eigenvalue weighted by Gasteiger charge is -2.16. The smallest absolute Gasteiger partial charge is 0.142 e. The van der Waals surface area contributed by atoms with Gasteiger partial charge in [-0.3, -0.25) is 0 Å². The van der Waals surface area contributed by atoms with Crippen LogP contribution in [0.3, 0.4) is 0 Å². The Labute approximate surface area is 99.5 Å². The molecule has 3 N–H and O–H groups in total. The zero-order chi connectivity index (χ0) is 10.3. The molecule has 2 aromatic rings. The van der Waals surface area contributed by atoms with Crippen LogP contribution in [0.1, 0.15) is 6.42 Å². The fourth-order valence-electron chi connectivity index (χ4n) is 2.09. The van der Waals surface area contributed by atoms with E-state index in [1.54, 1.807) is 6.33 Å². The third kappa shape index (κ3) is 1.72. The van der Waals surface area contributed by atoms with Gasteiger partial charge in [-0.05, 0) is 12.5 Å². The summed E-state index contributed by atoms with van der Waals surface area (Å²) in [5.74, 6) is 0.995. The Morgan fingerprint density at radius 3 is 3.06 bits per heavy atom. The number of aromatic nitrogens is 3. The highest BCUT2D eigenvalue weighted by Gasteiger charge is 2.22. The van der Waals surface area contributed by atoms with Gasteiger partial charge in [0, 0.05) is 25.3 Å². The maximum atomic E-state index is 5.89. The van der Waals surface area contributed by atoms with Gasteiger partial charge < -0.3 is 15.6 Å². The summed E-state index contributed by atoms with van der Waals surface area (Å²) in [6.07, 6.45) is 4.52. The van der Waals surface area contributed by atoms with Crippen LogP contribution in [0, 0.1) is 0 Å². The normalized spacial score (nSPS) is 20.1. The number of anilines is 1. The third-order valence-corrected chi connectivity index (χ3v) is 2.86. The van der Waals surface area contributed by atoms with E-state index in [1.807, 2.05) is 12.3 Å². The van der Waals surface area contributed by atoms with Crippen LogP contribution in [-0.4, -0.2) is 34.1 Å². The predicted molar refractivity (Wildman–Crippen MR) is 65.9 cm³/mol. The van der Waals surface area contributed by atoms with Crippen molar-refractivity contribution < 1.29 is 0 Å². The average molecular weight is 240 g/mol. The fourth-order valence-corrected chi connectivity index (χ4v) is 2.09. The molecule has 0 unspecified atom stereocenters. The van der Waals surface area contributed by atoms with Crippen LogP contribution in [0.2, 0.25) is 0 Å². The van der Waals surface area contributed by atoms with Crippen molar-refractivity contribution in [3.63, 3.8) is 0 Å². The highest BCUT2D eigenvalue weighted by Crippen LogP contribution is 2.24. The first kappa shape index (κ1) is 11.2. The Bertz CT molecular complexity index is 483. The van der Waals surface area contributed by atoms with Crippen LogP contribution in [-0.2, 0) is 0 Å². The van der Waals surface area contributed by atoms with Crippen LogP contribution >= 0.6 is 12.4 Å². The summed E-state index contributed by atoms with van der Waals surface area (Å²) in [5, 5.41) is 1.08. The third-order valence-electron chi connectivity index (χ3n) is 2.86. The number of nitrogens with two attached hydrogens (primary N) is 1. The van der Waals surface area contributed by atoms with E-state index < -0.39 is 0 Å². The Kier molecular flexibility index (Phi) is 2.98. The molecule has 0 spiro atoms. The summed E-state index contributed by atoms with van der Waals surface area (Å²) in [7, 11) is 0. The largest absolute Gasteiger partial charge is 0.354 e. The van der Waals surface area contributed by atoms with Gasteiger partial charge in [-0.1, -0.05) is 0 Å². The Morgan fingerprint density at radius 2 is 2.31 bits per heavy atom. The maximum absolute atomic E-state index is 5.89. The first-order chi connectivity index (χ1) is 7.34. The second-order valence-electron chi connectivity index (χ2n) is 3.93. The number of aromatic amines is 1. The molecule has 0 saturated carbocycles. The first-order valence-electron chi connectivity index (χ1n) is 5.13. The zero-order valence-corrected chi connectivity index (χ0v) is 9.57. The molecule has 0 amide bonds. The molecule has 2 aromatic heterocycles. The van der Waals surface area contributed by atoms with Crippen molar-refractivity contribution in [3.8, 4) is 0 Å². The molecule has 6 heteroatoms. The Morgan fingerprint density at radius 1 is 1.44 bits per heavy atom. The molecule has 5 nitrogen and oxygen atoms in total. The molecule has 0 bridgehead atoms. The zero-order valence-electron chi connectivity index (χ0n) is 8.76. The van der Waals surface area contributed by atoms with Crippen LogP contribution in [0.15, 0.2) is 18.6 Å². The lowest BCUT2D eigenvalue weighted by molar-refractivity contribution is 0.751. The van der Waals surface area contributed by atoms with E-state index in [9.17, 15) is 0 Å². The van der Waals surface area contributed by atoms with E-state index in [-0.39, 0.29) is 18.4 Å². The van der Waals surface area contributed by atoms with E-state index >= 15 is 0 Å². The van der Waals surface area contributed by atoms with Crippen LogP contribution in [0.5, 0.6) is 0 Å². The number of nitrogens with one attached hydrogen (secondary N) is 1. The number of fused-ring (bicyclic) bond motifs is 1. The van der Waals surface area contributed by atoms with Gasteiger partial charge in [0.15, 0.2) is 0 Å². The van der Waals surface area contributed by atoms with Gasteiger partial charge in [0.1, 0.15) is 17.8 Å². The first-order valence-corrected chi connectivity index (χ1v) is 5.13. The number of hydrogen-bond donors (Lipinski definition) is 2. The van der Waals surface area contributed by atoms with Crippen LogP contribution < -0.4 is 10.6 Å². The number of rotatable bonds is 1. The van der Waals surface area contributed by atoms with Crippen molar-refractivity contribution in [1.82, 2.24) is 15.0 Å². The summed E-state index contributed by atoms with van der Waals surface area (Å²) in [6.45, 7) is 1.87.